The highest BCUT2D eigenvalue weighted by Crippen LogP contribution is 2.30. The minimum absolute atomic E-state index is 0.00782. The maximum atomic E-state index is 13.2. The molecule has 1 unspecified atom stereocenters. The molecule has 1 aliphatic carbocycles. The van der Waals surface area contributed by atoms with Crippen molar-refractivity contribution in [1.82, 2.24) is 19.3 Å². The SMILES string of the molecule is Cc1noc(C)c1S(=O)(=O)N1CCCC(C(=O)N2CCN(C(=O)CC3CCCC3)CC2)C1. The second-order valence-corrected chi connectivity index (χ2v) is 11.3. The van der Waals surface area contributed by atoms with Crippen LogP contribution < -0.4 is 0 Å². The average Bonchev–Trinajstić information content (AvgIpc) is 3.42. The molecule has 32 heavy (non-hydrogen) atoms. The zero-order valence-corrected chi connectivity index (χ0v) is 19.9. The van der Waals surface area contributed by atoms with Crippen LogP contribution in [0.2, 0.25) is 0 Å². The molecule has 2 saturated heterocycles. The molecule has 1 saturated carbocycles. The zero-order valence-electron chi connectivity index (χ0n) is 19.1. The van der Waals surface area contributed by atoms with Gasteiger partial charge in [0.1, 0.15) is 10.6 Å². The molecule has 0 N–H and O–H groups in total. The number of amides is 2. The van der Waals surface area contributed by atoms with Crippen LogP contribution in [0, 0.1) is 25.7 Å². The Morgan fingerprint density at radius 1 is 0.969 bits per heavy atom. The Balaban J connectivity index is 1.33. The van der Waals surface area contributed by atoms with Crippen molar-refractivity contribution in [2.75, 3.05) is 39.3 Å². The van der Waals surface area contributed by atoms with E-state index in [0.717, 1.165) is 12.8 Å². The van der Waals surface area contributed by atoms with Crippen LogP contribution in [-0.4, -0.2) is 78.8 Å². The molecule has 2 aliphatic heterocycles. The van der Waals surface area contributed by atoms with Crippen molar-refractivity contribution in [3.8, 4) is 0 Å². The van der Waals surface area contributed by atoms with Gasteiger partial charge in [-0.15, -0.1) is 0 Å². The summed E-state index contributed by atoms with van der Waals surface area (Å²) in [7, 11) is -3.76. The summed E-state index contributed by atoms with van der Waals surface area (Å²) < 4.78 is 32.7. The highest BCUT2D eigenvalue weighted by molar-refractivity contribution is 7.89. The van der Waals surface area contributed by atoms with E-state index in [4.69, 9.17) is 4.52 Å². The van der Waals surface area contributed by atoms with Crippen molar-refractivity contribution >= 4 is 21.8 Å². The topological polar surface area (TPSA) is 104 Å². The summed E-state index contributed by atoms with van der Waals surface area (Å²) in [5, 5.41) is 3.77. The van der Waals surface area contributed by atoms with Crippen molar-refractivity contribution in [3.63, 3.8) is 0 Å². The third-order valence-electron chi connectivity index (χ3n) is 7.18. The molecule has 1 aromatic heterocycles. The van der Waals surface area contributed by atoms with Crippen molar-refractivity contribution in [2.45, 2.75) is 63.7 Å². The van der Waals surface area contributed by atoms with Crippen molar-refractivity contribution in [3.05, 3.63) is 11.5 Å². The number of nitrogens with zero attached hydrogens (tertiary/aromatic N) is 4. The fourth-order valence-electron chi connectivity index (χ4n) is 5.36. The quantitative estimate of drug-likeness (QED) is 0.657. The Morgan fingerprint density at radius 2 is 1.62 bits per heavy atom. The number of carbonyl (C=O) groups is 2. The minimum atomic E-state index is -3.76. The third-order valence-corrected chi connectivity index (χ3v) is 9.29. The molecule has 3 heterocycles. The van der Waals surface area contributed by atoms with Crippen LogP contribution in [0.3, 0.4) is 0 Å². The van der Waals surface area contributed by atoms with Crippen molar-refractivity contribution in [2.24, 2.45) is 11.8 Å². The van der Waals surface area contributed by atoms with E-state index >= 15 is 0 Å². The molecule has 3 fully saturated rings. The maximum Gasteiger partial charge on any atom is 0.248 e. The fourth-order valence-corrected chi connectivity index (χ4v) is 7.17. The van der Waals surface area contributed by atoms with E-state index in [0.29, 0.717) is 63.6 Å². The van der Waals surface area contributed by atoms with Crippen LogP contribution in [-0.2, 0) is 19.6 Å². The second-order valence-electron chi connectivity index (χ2n) is 9.42. The molecule has 3 aliphatic rings. The van der Waals surface area contributed by atoms with E-state index in [1.807, 2.05) is 4.90 Å². The van der Waals surface area contributed by atoms with Gasteiger partial charge in [-0.05, 0) is 45.4 Å². The lowest BCUT2D eigenvalue weighted by atomic mass is 9.97. The predicted octanol–water partition coefficient (Wildman–Crippen LogP) is 1.94. The van der Waals surface area contributed by atoms with Gasteiger partial charge in [0.2, 0.25) is 21.8 Å². The van der Waals surface area contributed by atoms with E-state index in [-0.39, 0.29) is 34.9 Å². The summed E-state index contributed by atoms with van der Waals surface area (Å²) in [6, 6.07) is 0. The number of piperidine rings is 1. The van der Waals surface area contributed by atoms with Gasteiger partial charge < -0.3 is 14.3 Å². The number of aromatic nitrogens is 1. The van der Waals surface area contributed by atoms with Gasteiger partial charge in [0.05, 0.1) is 5.92 Å². The fraction of sp³-hybridized carbons (Fsp3) is 0.773. The van der Waals surface area contributed by atoms with Crippen LogP contribution in [0.15, 0.2) is 9.42 Å². The van der Waals surface area contributed by atoms with Gasteiger partial charge in [-0.25, -0.2) is 8.42 Å². The van der Waals surface area contributed by atoms with Crippen LogP contribution in [0.5, 0.6) is 0 Å². The number of hydrogen-bond acceptors (Lipinski definition) is 6. The zero-order chi connectivity index (χ0) is 22.9. The molecular formula is C22H34N4O5S. The lowest BCUT2D eigenvalue weighted by Gasteiger charge is -2.39. The minimum Gasteiger partial charge on any atom is -0.360 e. The lowest BCUT2D eigenvalue weighted by Crippen LogP contribution is -2.54. The van der Waals surface area contributed by atoms with Crippen LogP contribution in [0.1, 0.15) is 56.4 Å². The molecule has 1 atom stereocenters. The average molecular weight is 467 g/mol. The summed E-state index contributed by atoms with van der Waals surface area (Å²) in [6.07, 6.45) is 6.70. The Morgan fingerprint density at radius 3 is 2.25 bits per heavy atom. The number of carbonyl (C=O) groups excluding carboxylic acids is 2. The van der Waals surface area contributed by atoms with Crippen LogP contribution >= 0.6 is 0 Å². The van der Waals surface area contributed by atoms with Crippen molar-refractivity contribution < 1.29 is 22.5 Å². The van der Waals surface area contributed by atoms with Gasteiger partial charge in [-0.1, -0.05) is 18.0 Å². The van der Waals surface area contributed by atoms with Gasteiger partial charge in [0.15, 0.2) is 5.76 Å². The Bertz CT molecular complexity index is 926. The summed E-state index contributed by atoms with van der Waals surface area (Å²) >= 11 is 0. The number of hydrogen-bond donors (Lipinski definition) is 0. The largest absolute Gasteiger partial charge is 0.360 e. The second kappa shape index (κ2) is 9.51. The third kappa shape index (κ3) is 4.71. The molecule has 1 aromatic rings. The number of rotatable bonds is 5. The number of aryl methyl sites for hydroxylation is 2. The summed E-state index contributed by atoms with van der Waals surface area (Å²) in [6.45, 7) is 5.92. The van der Waals surface area contributed by atoms with E-state index in [9.17, 15) is 18.0 Å². The number of sulfonamides is 1. The molecule has 0 radical (unpaired) electrons. The first-order chi connectivity index (χ1) is 15.3. The molecular weight excluding hydrogens is 432 g/mol. The molecule has 0 bridgehead atoms. The first-order valence-electron chi connectivity index (χ1n) is 11.8. The van der Waals surface area contributed by atoms with Gasteiger partial charge >= 0.3 is 0 Å². The highest BCUT2D eigenvalue weighted by atomic mass is 32.2. The maximum absolute atomic E-state index is 13.2. The van der Waals surface area contributed by atoms with E-state index in [1.165, 1.54) is 17.1 Å². The van der Waals surface area contributed by atoms with Gasteiger partial charge in [-0.3, -0.25) is 9.59 Å². The summed E-state index contributed by atoms with van der Waals surface area (Å²) in [5.41, 5.74) is 0.342. The normalized spacial score (nSPS) is 23.6. The smallest absolute Gasteiger partial charge is 0.248 e. The van der Waals surface area contributed by atoms with E-state index in [1.54, 1.807) is 18.7 Å². The monoisotopic (exact) mass is 466 g/mol. The molecule has 10 heteroatoms. The van der Waals surface area contributed by atoms with Crippen LogP contribution in [0.4, 0.5) is 0 Å². The molecule has 4 rings (SSSR count). The molecule has 0 aromatic carbocycles. The predicted molar refractivity (Wildman–Crippen MR) is 117 cm³/mol. The number of piperazine rings is 1. The highest BCUT2D eigenvalue weighted by Gasteiger charge is 2.38. The van der Waals surface area contributed by atoms with E-state index < -0.39 is 10.0 Å². The van der Waals surface area contributed by atoms with Gasteiger partial charge in [0, 0.05) is 45.7 Å². The van der Waals surface area contributed by atoms with Crippen molar-refractivity contribution in [1.29, 1.82) is 0 Å². The Kier molecular flexibility index (Phi) is 6.90. The Hall–Kier alpha value is -1.94. The summed E-state index contributed by atoms with van der Waals surface area (Å²) in [4.78, 5) is 29.6. The molecule has 9 nitrogen and oxygen atoms in total. The summed E-state index contributed by atoms with van der Waals surface area (Å²) in [5.74, 6) is 0.633. The Labute approximate surface area is 190 Å². The standard InChI is InChI=1S/C22H34N4O5S/c1-16-21(17(2)31-23-16)32(29,30)26-9-5-8-19(15-26)22(28)25-12-10-24(11-13-25)20(27)14-18-6-3-4-7-18/h18-19H,3-15H2,1-2H3. The molecule has 2 amide bonds. The first kappa shape index (κ1) is 23.2. The van der Waals surface area contributed by atoms with Crippen LogP contribution in [0.25, 0.3) is 0 Å². The van der Waals surface area contributed by atoms with Gasteiger partial charge in [-0.2, -0.15) is 4.31 Å². The first-order valence-corrected chi connectivity index (χ1v) is 13.2. The van der Waals surface area contributed by atoms with E-state index in [2.05, 4.69) is 5.16 Å². The van der Waals surface area contributed by atoms with Gasteiger partial charge in [0.25, 0.3) is 0 Å². The molecule has 0 spiro atoms. The molecule has 178 valence electrons. The lowest BCUT2D eigenvalue weighted by molar-refractivity contribution is -0.143.